The molecule has 0 aliphatic heterocycles. The van der Waals surface area contributed by atoms with Gasteiger partial charge < -0.3 is 10.5 Å². The van der Waals surface area contributed by atoms with Gasteiger partial charge in [0.1, 0.15) is 5.75 Å². The lowest BCUT2D eigenvalue weighted by atomic mass is 9.83. The van der Waals surface area contributed by atoms with Crippen LogP contribution in [0.5, 0.6) is 5.75 Å². The Morgan fingerprint density at radius 2 is 1.81 bits per heavy atom. The first-order valence-electron chi connectivity index (χ1n) is 5.72. The van der Waals surface area contributed by atoms with Crippen molar-refractivity contribution in [1.29, 1.82) is 0 Å². The fourth-order valence-electron chi connectivity index (χ4n) is 2.07. The first kappa shape index (κ1) is 13.0. The summed E-state index contributed by atoms with van der Waals surface area (Å²) in [6, 6.07) is 4.26. The van der Waals surface area contributed by atoms with E-state index >= 15 is 0 Å². The van der Waals surface area contributed by atoms with Crippen LogP contribution in [0.25, 0.3) is 0 Å². The van der Waals surface area contributed by atoms with E-state index in [2.05, 4.69) is 39.8 Å². The molecule has 1 unspecified atom stereocenters. The second-order valence-corrected chi connectivity index (χ2v) is 5.42. The minimum atomic E-state index is -0.00255. The summed E-state index contributed by atoms with van der Waals surface area (Å²) in [7, 11) is 1.72. The van der Waals surface area contributed by atoms with Crippen LogP contribution in [0, 0.1) is 6.92 Å². The molecule has 1 atom stereocenters. The predicted molar refractivity (Wildman–Crippen MR) is 69.0 cm³/mol. The van der Waals surface area contributed by atoms with Gasteiger partial charge in [-0.2, -0.15) is 0 Å². The lowest BCUT2D eigenvalue weighted by molar-refractivity contribution is 0.389. The highest BCUT2D eigenvalue weighted by molar-refractivity contribution is 5.50. The quantitative estimate of drug-likeness (QED) is 0.831. The molecule has 0 spiro atoms. The number of hydrogen-bond acceptors (Lipinski definition) is 2. The standard InChI is InChI=1S/C14H23NO/c1-9-7-8-11(14(3,4)5)13(16-6)12(9)10(2)15/h7-8,10H,15H2,1-6H3. The summed E-state index contributed by atoms with van der Waals surface area (Å²) in [5, 5.41) is 0. The molecule has 0 amide bonds. The lowest BCUT2D eigenvalue weighted by Crippen LogP contribution is -2.17. The van der Waals surface area contributed by atoms with Crippen molar-refractivity contribution >= 4 is 0 Å². The second kappa shape index (κ2) is 4.46. The molecule has 2 N–H and O–H groups in total. The van der Waals surface area contributed by atoms with Crippen molar-refractivity contribution in [2.45, 2.75) is 46.1 Å². The van der Waals surface area contributed by atoms with Crippen molar-refractivity contribution in [3.05, 3.63) is 28.8 Å². The molecule has 0 aliphatic carbocycles. The van der Waals surface area contributed by atoms with Crippen molar-refractivity contribution < 1.29 is 4.74 Å². The SMILES string of the molecule is COc1c(C(C)(C)C)ccc(C)c1C(C)N. The van der Waals surface area contributed by atoms with Crippen LogP contribution in [0.3, 0.4) is 0 Å². The molecule has 0 aromatic heterocycles. The van der Waals surface area contributed by atoms with Gasteiger partial charge in [-0.25, -0.2) is 0 Å². The van der Waals surface area contributed by atoms with Crippen molar-refractivity contribution in [1.82, 2.24) is 0 Å². The van der Waals surface area contributed by atoms with E-state index in [1.807, 2.05) is 6.92 Å². The molecule has 0 bridgehead atoms. The largest absolute Gasteiger partial charge is 0.496 e. The third-order valence-electron chi connectivity index (χ3n) is 2.88. The molecule has 0 heterocycles. The topological polar surface area (TPSA) is 35.2 Å². The van der Waals surface area contributed by atoms with Crippen LogP contribution in [-0.2, 0) is 5.41 Å². The van der Waals surface area contributed by atoms with E-state index in [1.165, 1.54) is 11.1 Å². The molecular formula is C14H23NO. The molecule has 1 rings (SSSR count). The molecule has 2 heteroatoms. The van der Waals surface area contributed by atoms with E-state index < -0.39 is 0 Å². The zero-order chi connectivity index (χ0) is 12.5. The van der Waals surface area contributed by atoms with Gasteiger partial charge in [0.15, 0.2) is 0 Å². The summed E-state index contributed by atoms with van der Waals surface area (Å²) in [4.78, 5) is 0. The Balaban J connectivity index is 3.49. The summed E-state index contributed by atoms with van der Waals surface area (Å²) < 4.78 is 5.57. The molecule has 16 heavy (non-hydrogen) atoms. The van der Waals surface area contributed by atoms with Gasteiger partial charge in [-0.05, 0) is 30.4 Å². The van der Waals surface area contributed by atoms with Crippen molar-refractivity contribution in [2.24, 2.45) is 5.73 Å². The van der Waals surface area contributed by atoms with Gasteiger partial charge in [0.05, 0.1) is 7.11 Å². The number of ether oxygens (including phenoxy) is 1. The minimum Gasteiger partial charge on any atom is -0.496 e. The molecule has 1 aromatic rings. The van der Waals surface area contributed by atoms with E-state index in [4.69, 9.17) is 10.5 Å². The summed E-state index contributed by atoms with van der Waals surface area (Å²) in [5.41, 5.74) is 9.63. The highest BCUT2D eigenvalue weighted by Gasteiger charge is 2.23. The summed E-state index contributed by atoms with van der Waals surface area (Å²) in [6.07, 6.45) is 0. The molecule has 0 fully saturated rings. The average molecular weight is 221 g/mol. The van der Waals surface area contributed by atoms with Gasteiger partial charge in [-0.15, -0.1) is 0 Å². The molecule has 0 saturated carbocycles. The Kier molecular flexibility index (Phi) is 3.64. The van der Waals surface area contributed by atoms with Crippen LogP contribution in [0.15, 0.2) is 12.1 Å². The molecule has 0 saturated heterocycles. The van der Waals surface area contributed by atoms with Crippen molar-refractivity contribution in [2.75, 3.05) is 7.11 Å². The van der Waals surface area contributed by atoms with Gasteiger partial charge in [-0.3, -0.25) is 0 Å². The highest BCUT2D eigenvalue weighted by Crippen LogP contribution is 2.37. The second-order valence-electron chi connectivity index (χ2n) is 5.42. The summed E-state index contributed by atoms with van der Waals surface area (Å²) in [5.74, 6) is 0.947. The normalized spacial score (nSPS) is 13.7. The third kappa shape index (κ3) is 2.38. The van der Waals surface area contributed by atoms with Gasteiger partial charge >= 0.3 is 0 Å². The number of aryl methyl sites for hydroxylation is 1. The van der Waals surface area contributed by atoms with Crippen LogP contribution >= 0.6 is 0 Å². The lowest BCUT2D eigenvalue weighted by Gasteiger charge is -2.26. The van der Waals surface area contributed by atoms with Crippen LogP contribution in [0.2, 0.25) is 0 Å². The van der Waals surface area contributed by atoms with Gasteiger partial charge in [0, 0.05) is 11.6 Å². The molecule has 0 aliphatic rings. The Morgan fingerprint density at radius 1 is 1.25 bits per heavy atom. The van der Waals surface area contributed by atoms with Gasteiger partial charge in [-0.1, -0.05) is 32.9 Å². The van der Waals surface area contributed by atoms with E-state index in [-0.39, 0.29) is 11.5 Å². The summed E-state index contributed by atoms with van der Waals surface area (Å²) >= 11 is 0. The predicted octanol–water partition coefficient (Wildman–Crippen LogP) is 3.32. The van der Waals surface area contributed by atoms with E-state index in [1.54, 1.807) is 7.11 Å². The number of hydrogen-bond donors (Lipinski definition) is 1. The third-order valence-corrected chi connectivity index (χ3v) is 2.88. The molecule has 0 radical (unpaired) electrons. The van der Waals surface area contributed by atoms with E-state index in [0.29, 0.717) is 0 Å². The van der Waals surface area contributed by atoms with E-state index in [9.17, 15) is 0 Å². The number of methoxy groups -OCH3 is 1. The first-order chi connectivity index (χ1) is 7.29. The maximum Gasteiger partial charge on any atom is 0.127 e. The van der Waals surface area contributed by atoms with Crippen LogP contribution in [0.1, 0.15) is 50.4 Å². The Labute approximate surface area is 98.8 Å². The number of nitrogens with two attached hydrogens (primary N) is 1. The fraction of sp³-hybridized carbons (Fsp3) is 0.571. The zero-order valence-electron chi connectivity index (χ0n) is 11.2. The van der Waals surface area contributed by atoms with Gasteiger partial charge in [0.25, 0.3) is 0 Å². The molecule has 2 nitrogen and oxygen atoms in total. The summed E-state index contributed by atoms with van der Waals surface area (Å²) in [6.45, 7) is 10.6. The van der Waals surface area contributed by atoms with E-state index in [0.717, 1.165) is 11.3 Å². The molecular weight excluding hydrogens is 198 g/mol. The number of rotatable bonds is 2. The van der Waals surface area contributed by atoms with Crippen molar-refractivity contribution in [3.63, 3.8) is 0 Å². The maximum atomic E-state index is 6.02. The first-order valence-corrected chi connectivity index (χ1v) is 5.72. The average Bonchev–Trinajstić information content (AvgIpc) is 2.14. The fourth-order valence-corrected chi connectivity index (χ4v) is 2.07. The number of benzene rings is 1. The van der Waals surface area contributed by atoms with Crippen molar-refractivity contribution in [3.8, 4) is 5.75 Å². The Bertz CT molecular complexity index is 375. The van der Waals surface area contributed by atoms with Crippen LogP contribution < -0.4 is 10.5 Å². The van der Waals surface area contributed by atoms with Gasteiger partial charge in [0.2, 0.25) is 0 Å². The zero-order valence-corrected chi connectivity index (χ0v) is 11.2. The Hall–Kier alpha value is -1.02. The minimum absolute atomic E-state index is 0.00255. The van der Waals surface area contributed by atoms with Crippen LogP contribution in [-0.4, -0.2) is 7.11 Å². The smallest absolute Gasteiger partial charge is 0.127 e. The highest BCUT2D eigenvalue weighted by atomic mass is 16.5. The molecule has 1 aromatic carbocycles. The molecule has 90 valence electrons. The van der Waals surface area contributed by atoms with Crippen LogP contribution in [0.4, 0.5) is 0 Å². The monoisotopic (exact) mass is 221 g/mol. The maximum absolute atomic E-state index is 6.02. The Morgan fingerprint density at radius 3 is 2.19 bits per heavy atom.